The lowest BCUT2D eigenvalue weighted by molar-refractivity contribution is -0.136. The molecule has 0 radical (unpaired) electrons. The van der Waals surface area contributed by atoms with E-state index in [-0.39, 0.29) is 18.6 Å². The lowest BCUT2D eigenvalue weighted by Crippen LogP contribution is -2.27. The Balaban J connectivity index is 2.70. The average Bonchev–Trinajstić information content (AvgIpc) is 2.33. The molecule has 1 rings (SSSR count). The van der Waals surface area contributed by atoms with E-state index >= 15 is 0 Å². The van der Waals surface area contributed by atoms with Crippen LogP contribution in [0.15, 0.2) is 24.3 Å². The summed E-state index contributed by atoms with van der Waals surface area (Å²) in [4.78, 5) is 33.9. The molecule has 0 aromatic heterocycles. The highest BCUT2D eigenvalue weighted by Gasteiger charge is 2.16. The van der Waals surface area contributed by atoms with Crippen LogP contribution in [0.1, 0.15) is 44.0 Å². The molecule has 1 aromatic carbocycles. The van der Waals surface area contributed by atoms with Crippen molar-refractivity contribution in [3.8, 4) is 0 Å². The number of Topliss-reactive ketones (excluding diaryl/α,β-unsaturated/α-hetero) is 1. The summed E-state index contributed by atoms with van der Waals surface area (Å²) in [7, 11) is 0. The topological polar surface area (TPSA) is 92.7 Å². The summed E-state index contributed by atoms with van der Waals surface area (Å²) in [5.74, 6) is -1.31. The Labute approximate surface area is 123 Å². The molecule has 114 valence electrons. The van der Waals surface area contributed by atoms with Gasteiger partial charge in [-0.3, -0.25) is 14.9 Å². The quantitative estimate of drug-likeness (QED) is 0.814. The number of carboxylic acid groups (broad SMARTS) is 1. The minimum Gasteiger partial charge on any atom is -0.481 e. The second kappa shape index (κ2) is 6.88. The number of nitrogens with one attached hydrogen (secondary N) is 1. The Morgan fingerprint density at radius 3 is 2.43 bits per heavy atom. The maximum atomic E-state index is 11.8. The van der Waals surface area contributed by atoms with Gasteiger partial charge in [0.1, 0.15) is 5.60 Å². The smallest absolute Gasteiger partial charge is 0.412 e. The molecule has 6 nitrogen and oxygen atoms in total. The van der Waals surface area contributed by atoms with Crippen LogP contribution >= 0.6 is 0 Å². The Bertz CT molecular complexity index is 545. The second-order valence-corrected chi connectivity index (χ2v) is 5.52. The fourth-order valence-corrected chi connectivity index (χ4v) is 1.56. The zero-order chi connectivity index (χ0) is 16.0. The minimum absolute atomic E-state index is 0.0782. The van der Waals surface area contributed by atoms with Gasteiger partial charge in [-0.2, -0.15) is 0 Å². The second-order valence-electron chi connectivity index (χ2n) is 5.52. The fourth-order valence-electron chi connectivity index (χ4n) is 1.56. The van der Waals surface area contributed by atoms with E-state index in [9.17, 15) is 14.4 Å². The van der Waals surface area contributed by atoms with E-state index in [1.165, 1.54) is 6.07 Å². The third kappa shape index (κ3) is 6.56. The summed E-state index contributed by atoms with van der Waals surface area (Å²) >= 11 is 0. The number of hydrogen-bond donors (Lipinski definition) is 2. The van der Waals surface area contributed by atoms with Crippen LogP contribution in [0.3, 0.4) is 0 Å². The minimum atomic E-state index is -1.02. The molecule has 0 saturated carbocycles. The summed E-state index contributed by atoms with van der Waals surface area (Å²) in [6.07, 6.45) is -0.911. The number of carbonyl (C=O) groups is 3. The number of amides is 1. The van der Waals surface area contributed by atoms with Gasteiger partial charge in [-0.05, 0) is 32.9 Å². The van der Waals surface area contributed by atoms with E-state index in [0.717, 1.165) is 0 Å². The van der Waals surface area contributed by atoms with E-state index in [2.05, 4.69) is 5.32 Å². The van der Waals surface area contributed by atoms with Gasteiger partial charge in [-0.25, -0.2) is 4.79 Å². The first kappa shape index (κ1) is 16.7. The number of aliphatic carboxylic acids is 1. The monoisotopic (exact) mass is 293 g/mol. The normalized spacial score (nSPS) is 10.8. The van der Waals surface area contributed by atoms with Crippen molar-refractivity contribution in [3.05, 3.63) is 29.8 Å². The standard InChI is InChI=1S/C15H19NO5/c1-15(2,3)21-14(20)16-11-6-4-5-10(9-11)12(17)7-8-13(18)19/h4-6,9H,7-8H2,1-3H3,(H,16,20)(H,18,19). The lowest BCUT2D eigenvalue weighted by Gasteiger charge is -2.19. The van der Waals surface area contributed by atoms with Crippen molar-refractivity contribution in [3.63, 3.8) is 0 Å². The Hall–Kier alpha value is -2.37. The van der Waals surface area contributed by atoms with Crippen molar-refractivity contribution in [2.75, 3.05) is 5.32 Å². The first-order valence-corrected chi connectivity index (χ1v) is 6.52. The molecule has 6 heteroatoms. The van der Waals surface area contributed by atoms with Gasteiger partial charge in [-0.1, -0.05) is 12.1 Å². The van der Waals surface area contributed by atoms with Gasteiger partial charge in [0.05, 0.1) is 6.42 Å². The fraction of sp³-hybridized carbons (Fsp3) is 0.400. The van der Waals surface area contributed by atoms with Crippen LogP contribution < -0.4 is 5.32 Å². The van der Waals surface area contributed by atoms with Crippen LogP contribution in [-0.4, -0.2) is 28.6 Å². The summed E-state index contributed by atoms with van der Waals surface area (Å²) < 4.78 is 5.11. The van der Waals surface area contributed by atoms with Crippen molar-refractivity contribution in [2.24, 2.45) is 0 Å². The molecule has 2 N–H and O–H groups in total. The molecule has 0 atom stereocenters. The van der Waals surface area contributed by atoms with Gasteiger partial charge >= 0.3 is 12.1 Å². The number of hydrogen-bond acceptors (Lipinski definition) is 4. The van der Waals surface area contributed by atoms with Crippen molar-refractivity contribution >= 4 is 23.5 Å². The average molecular weight is 293 g/mol. The van der Waals surface area contributed by atoms with E-state index < -0.39 is 17.7 Å². The molecule has 0 fully saturated rings. The largest absolute Gasteiger partial charge is 0.481 e. The molecular formula is C15H19NO5. The number of benzene rings is 1. The Kier molecular flexibility index (Phi) is 5.46. The zero-order valence-electron chi connectivity index (χ0n) is 12.3. The van der Waals surface area contributed by atoms with Crippen molar-refractivity contribution in [1.29, 1.82) is 0 Å². The van der Waals surface area contributed by atoms with Gasteiger partial charge in [0.15, 0.2) is 5.78 Å². The van der Waals surface area contributed by atoms with Crippen LogP contribution in [-0.2, 0) is 9.53 Å². The Morgan fingerprint density at radius 2 is 1.86 bits per heavy atom. The molecule has 0 aliphatic carbocycles. The summed E-state index contributed by atoms with van der Waals surface area (Å²) in [6, 6.07) is 6.30. The summed E-state index contributed by atoms with van der Waals surface area (Å²) in [5.41, 5.74) is 0.161. The third-order valence-corrected chi connectivity index (χ3v) is 2.40. The number of ketones is 1. The zero-order valence-corrected chi connectivity index (χ0v) is 12.3. The van der Waals surface area contributed by atoms with E-state index in [0.29, 0.717) is 11.3 Å². The van der Waals surface area contributed by atoms with Gasteiger partial charge in [-0.15, -0.1) is 0 Å². The van der Waals surface area contributed by atoms with Gasteiger partial charge in [0.25, 0.3) is 0 Å². The van der Waals surface area contributed by atoms with Gasteiger partial charge in [0, 0.05) is 17.7 Å². The van der Waals surface area contributed by atoms with Crippen molar-refractivity contribution in [1.82, 2.24) is 0 Å². The van der Waals surface area contributed by atoms with Crippen LogP contribution in [0.4, 0.5) is 10.5 Å². The molecule has 0 heterocycles. The highest BCUT2D eigenvalue weighted by atomic mass is 16.6. The molecule has 21 heavy (non-hydrogen) atoms. The van der Waals surface area contributed by atoms with Crippen LogP contribution in [0.5, 0.6) is 0 Å². The molecule has 0 aliphatic heterocycles. The lowest BCUT2D eigenvalue weighted by atomic mass is 10.1. The third-order valence-electron chi connectivity index (χ3n) is 2.40. The number of anilines is 1. The van der Waals surface area contributed by atoms with Crippen LogP contribution in [0.25, 0.3) is 0 Å². The molecule has 1 aromatic rings. The summed E-state index contributed by atoms with van der Waals surface area (Å²) in [6.45, 7) is 5.25. The SMILES string of the molecule is CC(C)(C)OC(=O)Nc1cccc(C(=O)CCC(=O)O)c1. The maximum absolute atomic E-state index is 11.8. The number of carbonyl (C=O) groups excluding carboxylic acids is 2. The van der Waals surface area contributed by atoms with Gasteiger partial charge < -0.3 is 9.84 Å². The van der Waals surface area contributed by atoms with E-state index in [4.69, 9.17) is 9.84 Å². The molecule has 1 amide bonds. The van der Waals surface area contributed by atoms with Crippen LogP contribution in [0, 0.1) is 0 Å². The van der Waals surface area contributed by atoms with Crippen LogP contribution in [0.2, 0.25) is 0 Å². The predicted octanol–water partition coefficient (Wildman–Crippen LogP) is 3.08. The molecular weight excluding hydrogens is 274 g/mol. The van der Waals surface area contributed by atoms with E-state index in [1.54, 1.807) is 39.0 Å². The van der Waals surface area contributed by atoms with Crippen molar-refractivity contribution < 1.29 is 24.2 Å². The maximum Gasteiger partial charge on any atom is 0.412 e. The van der Waals surface area contributed by atoms with Crippen molar-refractivity contribution in [2.45, 2.75) is 39.2 Å². The molecule has 0 aliphatic rings. The number of rotatable bonds is 5. The highest BCUT2D eigenvalue weighted by molar-refractivity contribution is 5.99. The number of carboxylic acids is 1. The molecule has 0 saturated heterocycles. The van der Waals surface area contributed by atoms with E-state index in [1.807, 2.05) is 0 Å². The highest BCUT2D eigenvalue weighted by Crippen LogP contribution is 2.15. The molecule has 0 unspecified atom stereocenters. The number of ether oxygens (including phenoxy) is 1. The summed E-state index contributed by atoms with van der Waals surface area (Å²) in [5, 5.41) is 11.1. The molecule has 0 bridgehead atoms. The first-order valence-electron chi connectivity index (χ1n) is 6.52. The predicted molar refractivity (Wildman–Crippen MR) is 77.5 cm³/mol. The van der Waals surface area contributed by atoms with Gasteiger partial charge in [0.2, 0.25) is 0 Å². The Morgan fingerprint density at radius 1 is 1.19 bits per heavy atom. The first-order chi connectivity index (χ1) is 9.67. The molecule has 0 spiro atoms.